The summed E-state index contributed by atoms with van der Waals surface area (Å²) < 4.78 is -0.405. The second kappa shape index (κ2) is 6.12. The van der Waals surface area contributed by atoms with Gasteiger partial charge in [-0.25, -0.2) is 0 Å². The van der Waals surface area contributed by atoms with Crippen molar-refractivity contribution >= 4 is 29.5 Å². The van der Waals surface area contributed by atoms with Crippen LogP contribution >= 0.6 is 11.8 Å². The van der Waals surface area contributed by atoms with Gasteiger partial charge in [0, 0.05) is 11.3 Å². The summed E-state index contributed by atoms with van der Waals surface area (Å²) in [6, 6.07) is -0.795. The van der Waals surface area contributed by atoms with E-state index in [0.29, 0.717) is 19.4 Å². The molecule has 4 atom stereocenters. The number of piperidine rings is 1. The molecule has 0 radical (unpaired) electrons. The summed E-state index contributed by atoms with van der Waals surface area (Å²) in [5, 5.41) is 3.24. The third-order valence-corrected chi connectivity index (χ3v) is 8.07. The Kier molecular flexibility index (Phi) is 4.26. The summed E-state index contributed by atoms with van der Waals surface area (Å²) in [6.45, 7) is 5.43. The van der Waals surface area contributed by atoms with Crippen LogP contribution in [-0.2, 0) is 14.4 Å². The topological polar surface area (TPSA) is 95.7 Å². The zero-order chi connectivity index (χ0) is 18.7. The van der Waals surface area contributed by atoms with Gasteiger partial charge in [-0.05, 0) is 58.9 Å². The Bertz CT molecular complexity index is 648. The summed E-state index contributed by atoms with van der Waals surface area (Å²) in [5.74, 6) is -0.475. The molecule has 0 saturated carbocycles. The Hall–Kier alpha value is -1.28. The van der Waals surface area contributed by atoms with E-state index in [0.717, 1.165) is 32.2 Å². The zero-order valence-corrected chi connectivity index (χ0v) is 16.3. The highest BCUT2D eigenvalue weighted by Crippen LogP contribution is 2.52. The van der Waals surface area contributed by atoms with E-state index < -0.39 is 22.2 Å². The first-order chi connectivity index (χ1) is 12.3. The van der Waals surface area contributed by atoms with Gasteiger partial charge >= 0.3 is 0 Å². The number of rotatable bonds is 2. The SMILES string of the molecule is CC1(C)S[C@@H]2CC[C@]3(CCCN3C(=O)[C@@H]3CCCN3)C(=O)N2[C@@H]1C(N)=O. The Morgan fingerprint density at radius 3 is 2.65 bits per heavy atom. The highest BCUT2D eigenvalue weighted by Gasteiger charge is 2.62. The lowest BCUT2D eigenvalue weighted by Crippen LogP contribution is -2.67. The van der Waals surface area contributed by atoms with E-state index in [4.69, 9.17) is 5.73 Å². The van der Waals surface area contributed by atoms with Crippen molar-refractivity contribution in [2.75, 3.05) is 13.1 Å². The third-order valence-electron chi connectivity index (χ3n) is 6.51. The number of nitrogens with one attached hydrogen (secondary N) is 1. The van der Waals surface area contributed by atoms with E-state index in [2.05, 4.69) is 5.32 Å². The average Bonchev–Trinajstić information content (AvgIpc) is 3.28. The van der Waals surface area contributed by atoms with Gasteiger partial charge < -0.3 is 20.9 Å². The van der Waals surface area contributed by atoms with Crippen LogP contribution < -0.4 is 11.1 Å². The average molecular weight is 381 g/mol. The monoisotopic (exact) mass is 380 g/mol. The molecule has 8 heteroatoms. The first-order valence-corrected chi connectivity index (χ1v) is 10.5. The van der Waals surface area contributed by atoms with E-state index >= 15 is 0 Å². The minimum Gasteiger partial charge on any atom is -0.368 e. The van der Waals surface area contributed by atoms with Gasteiger partial charge in [-0.2, -0.15) is 0 Å². The molecule has 4 saturated heterocycles. The summed E-state index contributed by atoms with van der Waals surface area (Å²) in [6.07, 6.45) is 4.82. The maximum absolute atomic E-state index is 13.7. The van der Waals surface area contributed by atoms with Gasteiger partial charge in [0.1, 0.15) is 11.6 Å². The molecule has 144 valence electrons. The molecule has 4 aliphatic heterocycles. The number of amides is 3. The van der Waals surface area contributed by atoms with Crippen molar-refractivity contribution in [1.82, 2.24) is 15.1 Å². The van der Waals surface area contributed by atoms with Gasteiger partial charge in [-0.3, -0.25) is 14.4 Å². The lowest BCUT2D eigenvalue weighted by Gasteiger charge is -2.47. The standard InChI is InChI=1S/C18H28N4O3S/c1-17(2)13(14(19)23)22-12(26-17)6-8-18(16(22)25)7-4-10-21(18)15(24)11-5-3-9-20-11/h11-13,20H,3-10H2,1-2H3,(H2,19,23)/t11-,12+,13+,18+/m0/s1. The molecule has 3 N–H and O–H groups in total. The lowest BCUT2D eigenvalue weighted by molar-refractivity contribution is -0.160. The fourth-order valence-corrected chi connectivity index (χ4v) is 7.00. The fourth-order valence-electron chi connectivity index (χ4n) is 5.37. The molecule has 4 heterocycles. The van der Waals surface area contributed by atoms with E-state index in [1.807, 2.05) is 18.7 Å². The summed E-state index contributed by atoms with van der Waals surface area (Å²) >= 11 is 1.66. The van der Waals surface area contributed by atoms with Crippen molar-refractivity contribution in [3.05, 3.63) is 0 Å². The first-order valence-electron chi connectivity index (χ1n) is 9.63. The summed E-state index contributed by atoms with van der Waals surface area (Å²) in [5.41, 5.74) is 4.90. The van der Waals surface area contributed by atoms with Gasteiger partial charge in [0.2, 0.25) is 17.7 Å². The smallest absolute Gasteiger partial charge is 0.250 e. The molecule has 4 fully saturated rings. The van der Waals surface area contributed by atoms with Crippen LogP contribution in [0.5, 0.6) is 0 Å². The maximum atomic E-state index is 13.7. The Morgan fingerprint density at radius 2 is 2.00 bits per heavy atom. The molecule has 4 rings (SSSR count). The molecule has 1 spiro atoms. The number of nitrogens with two attached hydrogens (primary N) is 1. The summed E-state index contributed by atoms with van der Waals surface area (Å²) in [7, 11) is 0. The number of hydrogen-bond donors (Lipinski definition) is 2. The highest BCUT2D eigenvalue weighted by atomic mass is 32.2. The van der Waals surface area contributed by atoms with Gasteiger partial charge in [-0.1, -0.05) is 0 Å². The molecule has 0 aromatic rings. The van der Waals surface area contributed by atoms with Gasteiger partial charge in [0.25, 0.3) is 0 Å². The molecule has 7 nitrogen and oxygen atoms in total. The quantitative estimate of drug-likeness (QED) is 0.724. The van der Waals surface area contributed by atoms with Crippen LogP contribution in [0, 0.1) is 0 Å². The van der Waals surface area contributed by atoms with Crippen molar-refractivity contribution < 1.29 is 14.4 Å². The molecule has 0 unspecified atom stereocenters. The molecular weight excluding hydrogens is 352 g/mol. The van der Waals surface area contributed by atoms with Crippen molar-refractivity contribution in [3.63, 3.8) is 0 Å². The molecule has 0 bridgehead atoms. The third kappa shape index (κ3) is 2.48. The van der Waals surface area contributed by atoms with Crippen LogP contribution in [-0.4, -0.2) is 68.4 Å². The van der Waals surface area contributed by atoms with Crippen LogP contribution in [0.4, 0.5) is 0 Å². The highest BCUT2D eigenvalue weighted by molar-refractivity contribution is 8.01. The molecule has 0 aliphatic carbocycles. The van der Waals surface area contributed by atoms with Crippen LogP contribution in [0.3, 0.4) is 0 Å². The fraction of sp³-hybridized carbons (Fsp3) is 0.833. The van der Waals surface area contributed by atoms with Gasteiger partial charge in [-0.15, -0.1) is 11.8 Å². The molecule has 26 heavy (non-hydrogen) atoms. The first kappa shape index (κ1) is 18.1. The zero-order valence-electron chi connectivity index (χ0n) is 15.5. The molecule has 4 aliphatic rings. The van der Waals surface area contributed by atoms with Crippen LogP contribution in [0.15, 0.2) is 0 Å². The molecule has 0 aromatic carbocycles. The predicted molar refractivity (Wildman–Crippen MR) is 99.2 cm³/mol. The second-order valence-corrected chi connectivity index (χ2v) is 10.3. The molecule has 0 aromatic heterocycles. The van der Waals surface area contributed by atoms with Gasteiger partial charge in [0.05, 0.1) is 11.4 Å². The van der Waals surface area contributed by atoms with Crippen LogP contribution in [0.25, 0.3) is 0 Å². The number of carbonyl (C=O) groups excluding carboxylic acids is 3. The van der Waals surface area contributed by atoms with Crippen LogP contribution in [0.1, 0.15) is 52.4 Å². The van der Waals surface area contributed by atoms with Crippen molar-refractivity contribution in [1.29, 1.82) is 0 Å². The number of carbonyl (C=O) groups is 3. The van der Waals surface area contributed by atoms with Crippen molar-refractivity contribution in [2.24, 2.45) is 5.73 Å². The number of nitrogens with zero attached hydrogens (tertiary/aromatic N) is 2. The minimum atomic E-state index is -0.785. The largest absolute Gasteiger partial charge is 0.368 e. The van der Waals surface area contributed by atoms with E-state index in [-0.39, 0.29) is 23.2 Å². The van der Waals surface area contributed by atoms with E-state index in [1.165, 1.54) is 0 Å². The van der Waals surface area contributed by atoms with Crippen molar-refractivity contribution in [3.8, 4) is 0 Å². The Balaban J connectivity index is 1.66. The lowest BCUT2D eigenvalue weighted by atomic mass is 9.83. The number of thioether (sulfide) groups is 1. The normalized spacial score (nSPS) is 38.8. The Labute approximate surface area is 158 Å². The van der Waals surface area contributed by atoms with E-state index in [9.17, 15) is 14.4 Å². The summed E-state index contributed by atoms with van der Waals surface area (Å²) in [4.78, 5) is 42.5. The Morgan fingerprint density at radius 1 is 1.23 bits per heavy atom. The predicted octanol–water partition coefficient (Wildman–Crippen LogP) is 0.427. The maximum Gasteiger partial charge on any atom is 0.250 e. The van der Waals surface area contributed by atoms with Crippen LogP contribution in [0.2, 0.25) is 0 Å². The van der Waals surface area contributed by atoms with E-state index in [1.54, 1.807) is 16.7 Å². The minimum absolute atomic E-state index is 0.0252. The molecule has 3 amide bonds. The second-order valence-electron chi connectivity index (χ2n) is 8.51. The van der Waals surface area contributed by atoms with Crippen molar-refractivity contribution in [2.45, 2.75) is 80.1 Å². The van der Waals surface area contributed by atoms with Gasteiger partial charge in [0.15, 0.2) is 0 Å². The number of primary amides is 1. The molecular formula is C18H28N4O3S. The number of fused-ring (bicyclic) bond motifs is 1. The number of hydrogen-bond acceptors (Lipinski definition) is 5. The number of likely N-dealkylation sites (tertiary alicyclic amines) is 1.